The van der Waals surface area contributed by atoms with Crippen molar-refractivity contribution < 1.29 is 13.9 Å². The van der Waals surface area contributed by atoms with Gasteiger partial charge in [-0.1, -0.05) is 12.6 Å². The summed E-state index contributed by atoms with van der Waals surface area (Å²) in [7, 11) is 2.11. The standard InChI is InChI=1S/C31H35FN10O2/c1-5-28(43)41-13-12-40(17-21(41)3)29-25(22-6-7-27(26(32)14-22)44-31-33-10-8-20(2)36-31)16-34-30(38-29)37-23-15-35-42(18-23)24-9-11-39(4)19-24/h5-8,10,14-16,18,21,24H,1,9,11-13,17,19H2,2-4H3,(H,34,37,38)/t21-,24?/m1/s1. The first-order valence-electron chi connectivity index (χ1n) is 14.6. The zero-order chi connectivity index (χ0) is 30.8. The third kappa shape index (κ3) is 6.23. The number of halogens is 1. The number of nitrogens with one attached hydrogen (secondary N) is 1. The summed E-state index contributed by atoms with van der Waals surface area (Å²) in [5, 5.41) is 7.84. The van der Waals surface area contributed by atoms with Gasteiger partial charge in [-0.05, 0) is 63.7 Å². The highest BCUT2D eigenvalue weighted by Gasteiger charge is 2.29. The summed E-state index contributed by atoms with van der Waals surface area (Å²) in [5.74, 6) is 0.348. The van der Waals surface area contributed by atoms with E-state index in [0.717, 1.165) is 25.2 Å². The van der Waals surface area contributed by atoms with Gasteiger partial charge in [0.05, 0.1) is 17.9 Å². The van der Waals surface area contributed by atoms with Crippen molar-refractivity contribution in [3.05, 3.63) is 73.2 Å². The van der Waals surface area contributed by atoms with Crippen LogP contribution in [0.15, 0.2) is 61.7 Å². The summed E-state index contributed by atoms with van der Waals surface area (Å²) >= 11 is 0. The highest BCUT2D eigenvalue weighted by molar-refractivity contribution is 5.87. The van der Waals surface area contributed by atoms with Crippen LogP contribution in [0, 0.1) is 12.7 Å². The maximum absolute atomic E-state index is 15.3. The smallest absolute Gasteiger partial charge is 0.322 e. The highest BCUT2D eigenvalue weighted by atomic mass is 19.1. The number of likely N-dealkylation sites (tertiary alicyclic amines) is 1. The molecule has 4 aromatic rings. The van der Waals surface area contributed by atoms with Crippen molar-refractivity contribution in [2.24, 2.45) is 0 Å². The lowest BCUT2D eigenvalue weighted by molar-refractivity contribution is -0.128. The normalized spacial score (nSPS) is 18.8. The quantitative estimate of drug-likeness (QED) is 0.296. The van der Waals surface area contributed by atoms with Gasteiger partial charge in [-0.2, -0.15) is 10.1 Å². The number of carbonyl (C=O) groups excluding carboxylic acids is 1. The fraction of sp³-hybridized carbons (Fsp3) is 0.355. The molecule has 6 rings (SSSR count). The van der Waals surface area contributed by atoms with Crippen LogP contribution in [0.1, 0.15) is 25.1 Å². The number of aromatic nitrogens is 6. The number of carbonyl (C=O) groups is 1. The van der Waals surface area contributed by atoms with Gasteiger partial charge in [0, 0.05) is 62.1 Å². The minimum Gasteiger partial charge on any atom is -0.421 e. The Morgan fingerprint density at radius 3 is 2.73 bits per heavy atom. The molecular formula is C31H35FN10O2. The number of hydrogen-bond donors (Lipinski definition) is 1. The summed E-state index contributed by atoms with van der Waals surface area (Å²) in [6.45, 7) is 11.0. The van der Waals surface area contributed by atoms with E-state index in [2.05, 4.69) is 48.8 Å². The maximum atomic E-state index is 15.3. The highest BCUT2D eigenvalue weighted by Crippen LogP contribution is 2.34. The van der Waals surface area contributed by atoms with Crippen molar-refractivity contribution in [1.82, 2.24) is 39.5 Å². The minimum atomic E-state index is -0.569. The second kappa shape index (κ2) is 12.4. The molecular weight excluding hydrogens is 563 g/mol. The molecule has 3 aromatic heterocycles. The first kappa shape index (κ1) is 29.2. The van der Waals surface area contributed by atoms with Crippen molar-refractivity contribution in [2.75, 3.05) is 50.0 Å². The molecule has 1 aromatic carbocycles. The lowest BCUT2D eigenvalue weighted by Gasteiger charge is -2.40. The van der Waals surface area contributed by atoms with Gasteiger partial charge in [0.1, 0.15) is 5.82 Å². The van der Waals surface area contributed by atoms with Crippen molar-refractivity contribution in [3.63, 3.8) is 0 Å². The first-order chi connectivity index (χ1) is 21.3. The summed E-state index contributed by atoms with van der Waals surface area (Å²) in [4.78, 5) is 36.3. The molecule has 1 amide bonds. The van der Waals surface area contributed by atoms with Crippen LogP contribution >= 0.6 is 0 Å². The third-order valence-corrected chi connectivity index (χ3v) is 7.97. The number of ether oxygens (including phenoxy) is 1. The second-order valence-corrected chi connectivity index (χ2v) is 11.2. The molecule has 2 saturated heterocycles. The van der Waals surface area contributed by atoms with Crippen molar-refractivity contribution in [1.29, 1.82) is 0 Å². The Morgan fingerprint density at radius 2 is 2.00 bits per heavy atom. The Hall–Kier alpha value is -4.91. The van der Waals surface area contributed by atoms with Crippen molar-refractivity contribution >= 4 is 23.4 Å². The molecule has 228 valence electrons. The number of anilines is 3. The van der Waals surface area contributed by atoms with Crippen LogP contribution < -0.4 is 15.0 Å². The van der Waals surface area contributed by atoms with Gasteiger partial charge in [0.2, 0.25) is 11.9 Å². The van der Waals surface area contributed by atoms with Crippen LogP contribution in [0.5, 0.6) is 11.8 Å². The van der Waals surface area contributed by atoms with Gasteiger partial charge in [-0.25, -0.2) is 19.3 Å². The summed E-state index contributed by atoms with van der Waals surface area (Å²) < 4.78 is 22.9. The summed E-state index contributed by atoms with van der Waals surface area (Å²) in [5.41, 5.74) is 2.72. The Morgan fingerprint density at radius 1 is 1.14 bits per heavy atom. The van der Waals surface area contributed by atoms with Gasteiger partial charge < -0.3 is 24.8 Å². The topological polar surface area (TPSA) is 117 Å². The fourth-order valence-corrected chi connectivity index (χ4v) is 5.66. The van der Waals surface area contributed by atoms with E-state index >= 15 is 4.39 Å². The minimum absolute atomic E-state index is 0.00995. The number of amides is 1. The maximum Gasteiger partial charge on any atom is 0.322 e. The molecule has 44 heavy (non-hydrogen) atoms. The van der Waals surface area contributed by atoms with Crippen LogP contribution in [0.2, 0.25) is 0 Å². The Bertz CT molecular complexity index is 1680. The van der Waals surface area contributed by atoms with Crippen molar-refractivity contribution in [2.45, 2.75) is 32.4 Å². The monoisotopic (exact) mass is 598 g/mol. The number of benzene rings is 1. The molecule has 0 aliphatic carbocycles. The number of aryl methyl sites for hydroxylation is 1. The lowest BCUT2D eigenvalue weighted by Crippen LogP contribution is -2.54. The third-order valence-electron chi connectivity index (χ3n) is 7.97. The van der Waals surface area contributed by atoms with Gasteiger partial charge >= 0.3 is 6.01 Å². The number of piperazine rings is 1. The molecule has 0 radical (unpaired) electrons. The molecule has 5 heterocycles. The lowest BCUT2D eigenvalue weighted by atomic mass is 10.1. The van der Waals surface area contributed by atoms with Crippen LogP contribution in [0.3, 0.4) is 0 Å². The Labute approximate surface area is 255 Å². The zero-order valence-corrected chi connectivity index (χ0v) is 25.0. The average Bonchev–Trinajstić information content (AvgIpc) is 3.66. The molecule has 2 aliphatic heterocycles. The molecule has 0 bridgehead atoms. The van der Waals surface area contributed by atoms with E-state index in [1.54, 1.807) is 41.7 Å². The molecule has 12 nitrogen and oxygen atoms in total. The first-order valence-corrected chi connectivity index (χ1v) is 14.6. The summed E-state index contributed by atoms with van der Waals surface area (Å²) in [6, 6.07) is 6.74. The van der Waals surface area contributed by atoms with Crippen LogP contribution in [-0.2, 0) is 4.79 Å². The Balaban J connectivity index is 1.29. The van der Waals surface area contributed by atoms with Crippen LogP contribution in [-0.4, -0.2) is 91.2 Å². The molecule has 2 fully saturated rings. The van der Waals surface area contributed by atoms with Gasteiger partial charge in [0.15, 0.2) is 11.6 Å². The van der Waals surface area contributed by atoms with E-state index in [9.17, 15) is 4.79 Å². The second-order valence-electron chi connectivity index (χ2n) is 11.2. The summed E-state index contributed by atoms with van der Waals surface area (Å²) in [6.07, 6.45) is 9.36. The van der Waals surface area contributed by atoms with Crippen LogP contribution in [0.25, 0.3) is 11.1 Å². The average molecular weight is 599 g/mol. The molecule has 1 N–H and O–H groups in total. The van der Waals surface area contributed by atoms with Gasteiger partial charge in [-0.3, -0.25) is 9.48 Å². The molecule has 13 heteroatoms. The van der Waals surface area contributed by atoms with E-state index in [4.69, 9.17) is 9.72 Å². The molecule has 1 unspecified atom stereocenters. The van der Waals surface area contributed by atoms with E-state index in [-0.39, 0.29) is 23.7 Å². The number of likely N-dealkylation sites (N-methyl/N-ethyl adjacent to an activating group) is 1. The van der Waals surface area contributed by atoms with E-state index in [1.807, 2.05) is 24.7 Å². The van der Waals surface area contributed by atoms with Crippen LogP contribution in [0.4, 0.5) is 21.8 Å². The SMILES string of the molecule is C=CC(=O)N1CCN(c2nc(Nc3cnn(C4CCN(C)C4)c3)ncc2-c2ccc(Oc3nccc(C)n3)c(F)c2)C[C@H]1C. The molecule has 0 spiro atoms. The predicted octanol–water partition coefficient (Wildman–Crippen LogP) is 4.21. The van der Waals surface area contributed by atoms with E-state index in [1.165, 1.54) is 12.1 Å². The number of hydrogen-bond acceptors (Lipinski definition) is 10. The van der Waals surface area contributed by atoms with Gasteiger partial charge in [-0.15, -0.1) is 0 Å². The molecule has 2 atom stereocenters. The largest absolute Gasteiger partial charge is 0.421 e. The van der Waals surface area contributed by atoms with Gasteiger partial charge in [0.25, 0.3) is 0 Å². The van der Waals surface area contributed by atoms with E-state index in [0.29, 0.717) is 54.3 Å². The van der Waals surface area contributed by atoms with Crippen molar-refractivity contribution in [3.8, 4) is 22.9 Å². The Kier molecular flexibility index (Phi) is 8.20. The fourth-order valence-electron chi connectivity index (χ4n) is 5.66. The molecule has 0 saturated carbocycles. The number of nitrogens with zero attached hydrogens (tertiary/aromatic N) is 9. The predicted molar refractivity (Wildman–Crippen MR) is 165 cm³/mol. The molecule has 2 aliphatic rings. The number of rotatable bonds is 8. The zero-order valence-electron chi connectivity index (χ0n) is 25.0. The van der Waals surface area contributed by atoms with E-state index < -0.39 is 5.82 Å².